The summed E-state index contributed by atoms with van der Waals surface area (Å²) in [5.41, 5.74) is 9.48. The van der Waals surface area contributed by atoms with Crippen molar-refractivity contribution in [1.29, 1.82) is 0 Å². The van der Waals surface area contributed by atoms with Gasteiger partial charge in [0.25, 0.3) is 5.91 Å². The minimum atomic E-state index is -0.513. The molecule has 2 rings (SSSR count). The van der Waals surface area contributed by atoms with Crippen molar-refractivity contribution in [3.05, 3.63) is 58.9 Å². The number of nitrogens with two attached hydrogens (primary N) is 1. The monoisotopic (exact) mass is 300 g/mol. The Labute approximate surface area is 130 Å². The molecule has 0 aliphatic carbocycles. The van der Waals surface area contributed by atoms with E-state index in [1.807, 2.05) is 32.0 Å². The van der Waals surface area contributed by atoms with Crippen LogP contribution in [0.4, 0.5) is 4.39 Å². The summed E-state index contributed by atoms with van der Waals surface area (Å²) < 4.78 is 14.2. The summed E-state index contributed by atoms with van der Waals surface area (Å²) in [6, 6.07) is 10.7. The summed E-state index contributed by atoms with van der Waals surface area (Å²) in [5, 5.41) is 2.66. The Hall–Kier alpha value is -2.20. The van der Waals surface area contributed by atoms with Gasteiger partial charge in [-0.05, 0) is 61.2 Å². The first kappa shape index (κ1) is 16.2. The van der Waals surface area contributed by atoms with Gasteiger partial charge in [-0.3, -0.25) is 4.79 Å². The van der Waals surface area contributed by atoms with E-state index in [1.165, 1.54) is 17.7 Å². The zero-order valence-corrected chi connectivity index (χ0v) is 12.9. The second-order valence-corrected chi connectivity index (χ2v) is 5.39. The van der Waals surface area contributed by atoms with Gasteiger partial charge in [-0.1, -0.05) is 24.3 Å². The third kappa shape index (κ3) is 3.71. The maximum absolute atomic E-state index is 14.2. The predicted octanol–water partition coefficient (Wildman–Crippen LogP) is 3.19. The number of hydrogen-bond donors (Lipinski definition) is 2. The van der Waals surface area contributed by atoms with Crippen LogP contribution in [0.15, 0.2) is 36.4 Å². The quantitative estimate of drug-likeness (QED) is 0.833. The van der Waals surface area contributed by atoms with Gasteiger partial charge in [0.15, 0.2) is 0 Å². The van der Waals surface area contributed by atoms with Crippen LogP contribution in [0.25, 0.3) is 11.1 Å². The third-order valence-electron chi connectivity index (χ3n) is 3.72. The summed E-state index contributed by atoms with van der Waals surface area (Å²) >= 11 is 0. The van der Waals surface area contributed by atoms with Crippen LogP contribution in [0.1, 0.15) is 27.9 Å². The number of halogens is 1. The molecule has 0 heterocycles. The molecule has 0 aliphatic rings. The number of benzene rings is 2. The summed E-state index contributed by atoms with van der Waals surface area (Å²) in [6.07, 6.45) is 0.675. The Balaban J connectivity index is 2.22. The lowest BCUT2D eigenvalue weighted by molar-refractivity contribution is 0.0949. The molecule has 2 aromatic rings. The van der Waals surface area contributed by atoms with Gasteiger partial charge >= 0.3 is 0 Å². The Morgan fingerprint density at radius 1 is 1.09 bits per heavy atom. The van der Waals surface area contributed by atoms with Crippen molar-refractivity contribution in [2.45, 2.75) is 20.3 Å². The van der Waals surface area contributed by atoms with Crippen LogP contribution in [0, 0.1) is 19.7 Å². The molecular formula is C18H21FN2O. The number of carbonyl (C=O) groups excluding carboxylic acids is 1. The fourth-order valence-corrected chi connectivity index (χ4v) is 2.20. The largest absolute Gasteiger partial charge is 0.352 e. The molecule has 0 spiro atoms. The second-order valence-electron chi connectivity index (χ2n) is 5.39. The Morgan fingerprint density at radius 3 is 2.41 bits per heavy atom. The van der Waals surface area contributed by atoms with Crippen molar-refractivity contribution in [3.8, 4) is 11.1 Å². The average Bonchev–Trinajstić information content (AvgIpc) is 2.50. The third-order valence-corrected chi connectivity index (χ3v) is 3.72. The van der Waals surface area contributed by atoms with Crippen LogP contribution in [0.3, 0.4) is 0 Å². The van der Waals surface area contributed by atoms with Crippen molar-refractivity contribution in [3.63, 3.8) is 0 Å². The molecule has 0 aromatic heterocycles. The van der Waals surface area contributed by atoms with Gasteiger partial charge in [-0.15, -0.1) is 0 Å². The Morgan fingerprint density at radius 2 is 1.77 bits per heavy atom. The van der Waals surface area contributed by atoms with E-state index in [2.05, 4.69) is 5.32 Å². The number of aryl methyl sites for hydroxylation is 2. The maximum Gasteiger partial charge on any atom is 0.254 e. The van der Waals surface area contributed by atoms with Gasteiger partial charge < -0.3 is 11.1 Å². The van der Waals surface area contributed by atoms with Crippen molar-refractivity contribution >= 4 is 5.91 Å². The van der Waals surface area contributed by atoms with E-state index < -0.39 is 11.7 Å². The zero-order valence-electron chi connectivity index (χ0n) is 12.9. The highest BCUT2D eigenvalue weighted by atomic mass is 19.1. The van der Waals surface area contributed by atoms with Gasteiger partial charge in [-0.25, -0.2) is 4.39 Å². The molecule has 0 fully saturated rings. The highest BCUT2D eigenvalue weighted by Crippen LogP contribution is 2.24. The van der Waals surface area contributed by atoms with Gasteiger partial charge in [-0.2, -0.15) is 0 Å². The molecule has 116 valence electrons. The molecule has 1 amide bonds. The van der Waals surface area contributed by atoms with Crippen molar-refractivity contribution in [2.75, 3.05) is 13.1 Å². The first-order chi connectivity index (χ1) is 10.5. The highest BCUT2D eigenvalue weighted by molar-refractivity contribution is 5.95. The lowest BCUT2D eigenvalue weighted by Gasteiger charge is -2.09. The van der Waals surface area contributed by atoms with E-state index in [9.17, 15) is 9.18 Å². The standard InChI is InChI=1S/C18H21FN2O/c1-12-4-5-14(10-13(12)2)15-6-7-16(17(19)11-15)18(22)21-9-3-8-20/h4-7,10-11H,3,8-9,20H2,1-2H3,(H,21,22). The zero-order chi connectivity index (χ0) is 16.1. The van der Waals surface area contributed by atoms with Gasteiger partial charge in [0.05, 0.1) is 5.56 Å². The minimum Gasteiger partial charge on any atom is -0.352 e. The predicted molar refractivity (Wildman–Crippen MR) is 87.3 cm³/mol. The molecule has 4 heteroatoms. The van der Waals surface area contributed by atoms with Crippen molar-refractivity contribution < 1.29 is 9.18 Å². The number of carbonyl (C=O) groups is 1. The molecule has 2 aromatic carbocycles. The van der Waals surface area contributed by atoms with E-state index in [-0.39, 0.29) is 5.56 Å². The van der Waals surface area contributed by atoms with Gasteiger partial charge in [0, 0.05) is 6.54 Å². The first-order valence-corrected chi connectivity index (χ1v) is 7.38. The van der Waals surface area contributed by atoms with Gasteiger partial charge in [0.2, 0.25) is 0 Å². The van der Waals surface area contributed by atoms with Crippen molar-refractivity contribution in [1.82, 2.24) is 5.32 Å². The molecule has 0 unspecified atom stereocenters. The molecular weight excluding hydrogens is 279 g/mol. The molecule has 0 atom stereocenters. The van der Waals surface area contributed by atoms with Crippen LogP contribution in [0.2, 0.25) is 0 Å². The van der Waals surface area contributed by atoms with E-state index in [0.717, 1.165) is 16.7 Å². The molecule has 0 aliphatic heterocycles. The Kier molecular flexibility index (Phi) is 5.28. The van der Waals surface area contributed by atoms with Crippen LogP contribution < -0.4 is 11.1 Å². The summed E-state index contributed by atoms with van der Waals surface area (Å²) in [7, 11) is 0. The summed E-state index contributed by atoms with van der Waals surface area (Å²) in [5.74, 6) is -0.918. The highest BCUT2D eigenvalue weighted by Gasteiger charge is 2.12. The van der Waals surface area contributed by atoms with E-state index in [0.29, 0.717) is 19.5 Å². The SMILES string of the molecule is Cc1ccc(-c2ccc(C(=O)NCCCN)c(F)c2)cc1C. The van der Waals surface area contributed by atoms with Crippen molar-refractivity contribution in [2.24, 2.45) is 5.73 Å². The fourth-order valence-electron chi connectivity index (χ4n) is 2.20. The number of amides is 1. The number of nitrogens with one attached hydrogen (secondary N) is 1. The molecule has 0 saturated carbocycles. The summed E-state index contributed by atoms with van der Waals surface area (Å²) in [6.45, 7) is 5.01. The number of hydrogen-bond acceptors (Lipinski definition) is 2. The lowest BCUT2D eigenvalue weighted by atomic mass is 9.99. The van der Waals surface area contributed by atoms with E-state index in [1.54, 1.807) is 6.07 Å². The fraction of sp³-hybridized carbons (Fsp3) is 0.278. The smallest absolute Gasteiger partial charge is 0.254 e. The van der Waals surface area contributed by atoms with Gasteiger partial charge in [0.1, 0.15) is 5.82 Å². The maximum atomic E-state index is 14.2. The van der Waals surface area contributed by atoms with Crippen LogP contribution in [-0.2, 0) is 0 Å². The molecule has 3 N–H and O–H groups in total. The summed E-state index contributed by atoms with van der Waals surface area (Å²) in [4.78, 5) is 11.9. The normalized spacial score (nSPS) is 10.5. The molecule has 0 radical (unpaired) electrons. The second kappa shape index (κ2) is 7.18. The number of rotatable bonds is 5. The molecule has 0 bridgehead atoms. The average molecular weight is 300 g/mol. The Bertz CT molecular complexity index is 683. The topological polar surface area (TPSA) is 55.1 Å². The molecule has 0 saturated heterocycles. The van der Waals surface area contributed by atoms with Crippen LogP contribution in [0.5, 0.6) is 0 Å². The minimum absolute atomic E-state index is 0.0598. The van der Waals surface area contributed by atoms with Crippen LogP contribution >= 0.6 is 0 Å². The molecule has 3 nitrogen and oxygen atoms in total. The molecule has 22 heavy (non-hydrogen) atoms. The lowest BCUT2D eigenvalue weighted by Crippen LogP contribution is -2.26. The first-order valence-electron chi connectivity index (χ1n) is 7.38. The van der Waals surface area contributed by atoms with E-state index in [4.69, 9.17) is 5.73 Å². The van der Waals surface area contributed by atoms with E-state index >= 15 is 0 Å². The van der Waals surface area contributed by atoms with Crippen LogP contribution in [-0.4, -0.2) is 19.0 Å².